The summed E-state index contributed by atoms with van der Waals surface area (Å²) in [5.41, 5.74) is 2.60. The minimum Gasteiger partial charge on any atom is -0.376 e. The Morgan fingerprint density at radius 2 is 1.82 bits per heavy atom. The highest BCUT2D eigenvalue weighted by atomic mass is 35.5. The van der Waals surface area contributed by atoms with Gasteiger partial charge in [-0.05, 0) is 61.6 Å². The molecule has 3 fully saturated rings. The number of nitrogens with zero attached hydrogens (tertiary/aromatic N) is 1. The highest BCUT2D eigenvalue weighted by Gasteiger charge is 2.54. The number of hydrogen-bond donors (Lipinski definition) is 4. The molecule has 4 amide bonds. The third kappa shape index (κ3) is 9.90. The summed E-state index contributed by atoms with van der Waals surface area (Å²) in [6, 6.07) is 4.16. The van der Waals surface area contributed by atoms with Crippen LogP contribution in [0.15, 0.2) is 30.3 Å². The van der Waals surface area contributed by atoms with Gasteiger partial charge < -0.3 is 25.6 Å². The van der Waals surface area contributed by atoms with Gasteiger partial charge in [-0.15, -0.1) is 0 Å². The Morgan fingerprint density at radius 1 is 1.06 bits per heavy atom. The van der Waals surface area contributed by atoms with E-state index in [1.165, 1.54) is 11.3 Å². The Balaban J connectivity index is 1.38. The van der Waals surface area contributed by atoms with Gasteiger partial charge in [-0.2, -0.15) is 0 Å². The highest BCUT2D eigenvalue weighted by Crippen LogP contribution is 2.39. The molecule has 3 heterocycles. The van der Waals surface area contributed by atoms with Crippen LogP contribution >= 0.6 is 11.6 Å². The topological polar surface area (TPSA) is 155 Å². The molecule has 1 saturated carbocycles. The van der Waals surface area contributed by atoms with Gasteiger partial charge in [0.15, 0.2) is 0 Å². The van der Waals surface area contributed by atoms with E-state index >= 15 is 0 Å². The number of carbonyl (C=O) groups is 5. The Morgan fingerprint density at radius 3 is 2.49 bits per heavy atom. The van der Waals surface area contributed by atoms with Crippen molar-refractivity contribution in [2.45, 2.75) is 128 Å². The molecule has 0 radical (unpaired) electrons. The SMILES string of the molecule is CCC[C@H](NC(=O)[C@@H]1C[C@]2(C=C(c3cccc(Cl)c3)NO2)CN1C(=O)[C@@H](NC(=O)CC1CCCCC1)C(C)(C)C)C(=O)C(=O)NC[C@H]1CCCO1. The predicted octanol–water partition coefficient (Wildman–Crippen LogP) is 4.21. The maximum Gasteiger partial charge on any atom is 0.289 e. The molecule has 3 aliphatic heterocycles. The molecule has 5 atom stereocenters. The number of ketones is 1. The van der Waals surface area contributed by atoms with Gasteiger partial charge in [0.2, 0.25) is 23.5 Å². The second kappa shape index (κ2) is 16.9. The first kappa shape index (κ1) is 38.7. The van der Waals surface area contributed by atoms with E-state index in [1.807, 2.05) is 45.9 Å². The molecular weight excluding hydrogens is 674 g/mol. The van der Waals surface area contributed by atoms with Gasteiger partial charge >= 0.3 is 0 Å². The number of likely N-dealkylation sites (tertiary alicyclic amines) is 1. The van der Waals surface area contributed by atoms with Crippen LogP contribution in [0.3, 0.4) is 0 Å². The Hall–Kier alpha value is -3.48. The average Bonchev–Trinajstić information content (AvgIpc) is 3.86. The lowest BCUT2D eigenvalue weighted by molar-refractivity contribution is -0.145. The van der Waals surface area contributed by atoms with E-state index in [2.05, 4.69) is 21.4 Å². The lowest BCUT2D eigenvalue weighted by atomic mass is 9.84. The van der Waals surface area contributed by atoms with Crippen molar-refractivity contribution in [3.63, 3.8) is 0 Å². The van der Waals surface area contributed by atoms with Crippen molar-refractivity contribution in [2.24, 2.45) is 11.3 Å². The summed E-state index contributed by atoms with van der Waals surface area (Å²) in [5, 5.41) is 9.04. The van der Waals surface area contributed by atoms with Crippen LogP contribution < -0.4 is 21.4 Å². The molecule has 2 saturated heterocycles. The number of halogens is 1. The molecule has 13 heteroatoms. The highest BCUT2D eigenvalue weighted by molar-refractivity contribution is 6.38. The summed E-state index contributed by atoms with van der Waals surface area (Å²) in [6.07, 6.45) is 9.98. The van der Waals surface area contributed by atoms with Crippen molar-refractivity contribution < 1.29 is 33.5 Å². The molecule has 0 aromatic heterocycles. The smallest absolute Gasteiger partial charge is 0.289 e. The molecule has 1 aromatic carbocycles. The van der Waals surface area contributed by atoms with Crippen LogP contribution in [0.5, 0.6) is 0 Å². The van der Waals surface area contributed by atoms with Crippen LogP contribution in [-0.2, 0) is 33.5 Å². The Labute approximate surface area is 306 Å². The van der Waals surface area contributed by atoms with Crippen molar-refractivity contribution in [1.82, 2.24) is 26.3 Å². The number of ether oxygens (including phenoxy) is 1. The van der Waals surface area contributed by atoms with Gasteiger partial charge in [0, 0.05) is 36.6 Å². The van der Waals surface area contributed by atoms with E-state index in [-0.39, 0.29) is 43.9 Å². The van der Waals surface area contributed by atoms with E-state index in [4.69, 9.17) is 21.2 Å². The van der Waals surface area contributed by atoms with Gasteiger partial charge in [-0.3, -0.25) is 34.3 Å². The quantitative estimate of drug-likeness (QED) is 0.221. The molecule has 0 bridgehead atoms. The number of benzene rings is 1. The number of carbonyl (C=O) groups excluding carboxylic acids is 5. The molecule has 51 heavy (non-hydrogen) atoms. The van der Waals surface area contributed by atoms with Crippen LogP contribution in [-0.4, -0.2) is 83.8 Å². The molecule has 1 aromatic rings. The minimum atomic E-state index is -1.09. The van der Waals surface area contributed by atoms with Crippen molar-refractivity contribution in [3.05, 3.63) is 40.9 Å². The van der Waals surface area contributed by atoms with E-state index in [1.54, 1.807) is 12.1 Å². The van der Waals surface area contributed by atoms with Crippen molar-refractivity contribution in [3.8, 4) is 0 Å². The third-order valence-corrected chi connectivity index (χ3v) is 10.6. The first-order valence-corrected chi connectivity index (χ1v) is 18.9. The van der Waals surface area contributed by atoms with Gasteiger partial charge in [0.25, 0.3) is 5.91 Å². The summed E-state index contributed by atoms with van der Waals surface area (Å²) in [6.45, 7) is 8.36. The van der Waals surface area contributed by atoms with E-state index in [0.29, 0.717) is 30.2 Å². The summed E-state index contributed by atoms with van der Waals surface area (Å²) < 4.78 is 5.56. The van der Waals surface area contributed by atoms with Gasteiger partial charge in [0.1, 0.15) is 17.7 Å². The minimum absolute atomic E-state index is 0.0142. The summed E-state index contributed by atoms with van der Waals surface area (Å²) in [5.74, 6) is -2.43. The van der Waals surface area contributed by atoms with E-state index in [0.717, 1.165) is 44.1 Å². The Kier molecular flexibility index (Phi) is 12.8. The molecule has 280 valence electrons. The first-order chi connectivity index (χ1) is 24.3. The number of Topliss-reactive ketones (excluding diaryl/α,β-unsaturated/α-hetero) is 1. The lowest BCUT2D eigenvalue weighted by Gasteiger charge is -2.36. The van der Waals surface area contributed by atoms with Crippen LogP contribution in [0.25, 0.3) is 5.70 Å². The molecular formula is C38H54ClN5O7. The maximum atomic E-state index is 14.6. The monoisotopic (exact) mass is 727 g/mol. The van der Waals surface area contributed by atoms with Crippen molar-refractivity contribution >= 4 is 46.7 Å². The third-order valence-electron chi connectivity index (χ3n) is 10.4. The van der Waals surface area contributed by atoms with Crippen LogP contribution in [0, 0.1) is 11.3 Å². The van der Waals surface area contributed by atoms with E-state index < -0.39 is 52.6 Å². The standard InChI is InChI=1S/C38H54ClN5O7/c1-5-11-28(32(46)35(48)40-22-27-16-10-17-50-27)41-34(47)30-21-38(20-29(43-51-38)25-14-9-15-26(39)19-25)23-44(30)36(49)33(37(2,3)4)42-31(45)18-24-12-7-6-8-13-24/h9,14-15,19-20,24,27-28,30,33,43H,5-8,10-13,16-18,21-23H2,1-4H3,(H,40,48)(H,41,47)(H,42,45)/t27-,28+,30+,33-,38-/m1/s1. The first-order valence-electron chi connectivity index (χ1n) is 18.6. The van der Waals surface area contributed by atoms with Crippen LogP contribution in [0.2, 0.25) is 5.02 Å². The largest absolute Gasteiger partial charge is 0.376 e. The zero-order valence-electron chi connectivity index (χ0n) is 30.4. The molecule has 0 unspecified atom stereocenters. The number of nitrogens with one attached hydrogen (secondary N) is 4. The fourth-order valence-corrected chi connectivity index (χ4v) is 7.78. The van der Waals surface area contributed by atoms with Crippen molar-refractivity contribution in [1.29, 1.82) is 0 Å². The zero-order valence-corrected chi connectivity index (χ0v) is 31.1. The van der Waals surface area contributed by atoms with Crippen LogP contribution in [0.1, 0.15) is 104 Å². The van der Waals surface area contributed by atoms with Crippen molar-refractivity contribution in [2.75, 3.05) is 19.7 Å². The summed E-state index contributed by atoms with van der Waals surface area (Å²) in [7, 11) is 0. The number of hydrogen-bond acceptors (Lipinski definition) is 8. The molecule has 1 aliphatic carbocycles. The molecule has 4 aliphatic rings. The van der Waals surface area contributed by atoms with Gasteiger partial charge in [-0.1, -0.05) is 77.1 Å². The number of hydroxylamine groups is 1. The van der Waals surface area contributed by atoms with E-state index in [9.17, 15) is 24.0 Å². The Bertz CT molecular complexity index is 1480. The zero-order chi connectivity index (χ0) is 36.8. The lowest BCUT2D eigenvalue weighted by Crippen LogP contribution is -2.59. The number of rotatable bonds is 13. The predicted molar refractivity (Wildman–Crippen MR) is 193 cm³/mol. The molecule has 1 spiro atoms. The fourth-order valence-electron chi connectivity index (χ4n) is 7.59. The second-order valence-electron chi connectivity index (χ2n) is 15.7. The van der Waals surface area contributed by atoms with Gasteiger partial charge in [0.05, 0.1) is 24.4 Å². The molecule has 12 nitrogen and oxygen atoms in total. The molecule has 4 N–H and O–H groups in total. The normalized spacial score (nSPS) is 24.8. The summed E-state index contributed by atoms with van der Waals surface area (Å²) >= 11 is 6.26. The van der Waals surface area contributed by atoms with Gasteiger partial charge in [-0.25, -0.2) is 0 Å². The number of amides is 4. The van der Waals surface area contributed by atoms with Crippen LogP contribution in [0.4, 0.5) is 0 Å². The second-order valence-corrected chi connectivity index (χ2v) is 16.1. The average molecular weight is 728 g/mol. The molecule has 5 rings (SSSR count). The maximum absolute atomic E-state index is 14.6. The summed E-state index contributed by atoms with van der Waals surface area (Å²) in [4.78, 5) is 76.1. The fraction of sp³-hybridized carbons (Fsp3) is 0.658.